The molecule has 1 unspecified atom stereocenters. The van der Waals surface area contributed by atoms with Crippen LogP contribution in [0.3, 0.4) is 0 Å². The third-order valence-electron chi connectivity index (χ3n) is 3.66. The van der Waals surface area contributed by atoms with Gasteiger partial charge in [-0.2, -0.15) is 0 Å². The summed E-state index contributed by atoms with van der Waals surface area (Å²) in [5.74, 6) is -0.244. The fraction of sp³-hybridized carbons (Fsp3) is 0.294. The van der Waals surface area contributed by atoms with Crippen LogP contribution in [0.4, 0.5) is 15.8 Å². The highest BCUT2D eigenvalue weighted by Crippen LogP contribution is 2.32. The summed E-state index contributed by atoms with van der Waals surface area (Å²) in [6.07, 6.45) is 1.61. The number of hydrogen-bond donors (Lipinski definition) is 1. The van der Waals surface area contributed by atoms with Crippen molar-refractivity contribution in [3.05, 3.63) is 58.9 Å². The lowest BCUT2D eigenvalue weighted by atomic mass is 10.0. The number of nitrogens with two attached hydrogens (primary N) is 1. The van der Waals surface area contributed by atoms with E-state index < -0.39 is 0 Å². The highest BCUT2D eigenvalue weighted by Gasteiger charge is 2.14. The summed E-state index contributed by atoms with van der Waals surface area (Å²) in [5.41, 5.74) is 9.01. The molecule has 0 spiro atoms. The van der Waals surface area contributed by atoms with Gasteiger partial charge in [0.1, 0.15) is 5.82 Å². The Balaban J connectivity index is 2.38. The largest absolute Gasteiger partial charge is 0.344 e. The molecule has 0 aliphatic carbocycles. The number of benzene rings is 2. The minimum Gasteiger partial charge on any atom is -0.344 e. The molecule has 0 saturated carbocycles. The molecule has 0 fully saturated rings. The molecule has 2 rings (SSSR count). The lowest BCUT2D eigenvalue weighted by Crippen LogP contribution is -2.23. The van der Waals surface area contributed by atoms with E-state index in [2.05, 4.69) is 6.92 Å². The van der Waals surface area contributed by atoms with Gasteiger partial charge in [-0.1, -0.05) is 24.6 Å². The number of halogens is 2. The summed E-state index contributed by atoms with van der Waals surface area (Å²) < 4.78 is 13.1. The number of anilines is 2. The van der Waals surface area contributed by atoms with Crippen molar-refractivity contribution in [3.63, 3.8) is 0 Å². The van der Waals surface area contributed by atoms with E-state index in [1.54, 1.807) is 12.1 Å². The van der Waals surface area contributed by atoms with Crippen LogP contribution in [0.1, 0.15) is 18.9 Å². The summed E-state index contributed by atoms with van der Waals surface area (Å²) in [6.45, 7) is 2.06. The van der Waals surface area contributed by atoms with Crippen LogP contribution < -0.4 is 10.6 Å². The summed E-state index contributed by atoms with van der Waals surface area (Å²) in [5, 5.41) is 0.713. The summed E-state index contributed by atoms with van der Waals surface area (Å²) >= 11 is 6.34. The standard InChI is InChI=1S/C17H20ClFN2/c1-3-13(20)11-15-16(18)5-4-6-17(15)21(2)14-9-7-12(19)8-10-14/h4-10,13H,3,11,20H2,1-2H3. The molecule has 0 aromatic heterocycles. The van der Waals surface area contributed by atoms with Crippen molar-refractivity contribution >= 4 is 23.0 Å². The second-order valence-electron chi connectivity index (χ2n) is 5.15. The molecule has 0 aliphatic rings. The van der Waals surface area contributed by atoms with Gasteiger partial charge in [0.2, 0.25) is 0 Å². The van der Waals surface area contributed by atoms with Gasteiger partial charge in [0.05, 0.1) is 0 Å². The quantitative estimate of drug-likeness (QED) is 0.879. The molecule has 0 amide bonds. The maximum atomic E-state index is 13.1. The summed E-state index contributed by atoms with van der Waals surface area (Å²) in [7, 11) is 1.94. The Morgan fingerprint density at radius 1 is 1.19 bits per heavy atom. The molecule has 0 heterocycles. The SMILES string of the molecule is CCC(N)Cc1c(Cl)cccc1N(C)c1ccc(F)cc1. The molecule has 2 aromatic rings. The van der Waals surface area contributed by atoms with Gasteiger partial charge in [0, 0.05) is 29.5 Å². The van der Waals surface area contributed by atoms with Crippen LogP contribution in [0.2, 0.25) is 5.02 Å². The highest BCUT2D eigenvalue weighted by molar-refractivity contribution is 6.31. The predicted molar refractivity (Wildman–Crippen MR) is 87.9 cm³/mol. The molecule has 0 aliphatic heterocycles. The lowest BCUT2D eigenvalue weighted by Gasteiger charge is -2.24. The lowest BCUT2D eigenvalue weighted by molar-refractivity contribution is 0.628. The first kappa shape index (κ1) is 15.8. The first-order valence-electron chi connectivity index (χ1n) is 7.05. The van der Waals surface area contributed by atoms with Gasteiger partial charge in [-0.25, -0.2) is 4.39 Å². The molecule has 0 bridgehead atoms. The van der Waals surface area contributed by atoms with E-state index in [4.69, 9.17) is 17.3 Å². The molecule has 2 nitrogen and oxygen atoms in total. The predicted octanol–water partition coefficient (Wildman–Crippen LogP) is 4.53. The van der Waals surface area contributed by atoms with Gasteiger partial charge in [0.25, 0.3) is 0 Å². The fourth-order valence-electron chi connectivity index (χ4n) is 2.27. The van der Waals surface area contributed by atoms with Crippen molar-refractivity contribution in [1.82, 2.24) is 0 Å². The Bertz CT molecular complexity index is 598. The Labute approximate surface area is 130 Å². The van der Waals surface area contributed by atoms with E-state index in [9.17, 15) is 4.39 Å². The van der Waals surface area contributed by atoms with Crippen LogP contribution in [-0.4, -0.2) is 13.1 Å². The van der Waals surface area contributed by atoms with Crippen molar-refractivity contribution < 1.29 is 4.39 Å². The topological polar surface area (TPSA) is 29.3 Å². The third kappa shape index (κ3) is 3.74. The van der Waals surface area contributed by atoms with Gasteiger partial charge in [-0.05, 0) is 54.8 Å². The van der Waals surface area contributed by atoms with Gasteiger partial charge >= 0.3 is 0 Å². The highest BCUT2D eigenvalue weighted by atomic mass is 35.5. The Hall–Kier alpha value is -1.58. The average Bonchev–Trinajstić information content (AvgIpc) is 2.49. The fourth-order valence-corrected chi connectivity index (χ4v) is 2.52. The first-order valence-corrected chi connectivity index (χ1v) is 7.43. The van der Waals surface area contributed by atoms with Crippen LogP contribution in [0, 0.1) is 5.82 Å². The van der Waals surface area contributed by atoms with E-state index in [0.29, 0.717) is 5.02 Å². The van der Waals surface area contributed by atoms with E-state index in [1.165, 1.54) is 12.1 Å². The molecule has 21 heavy (non-hydrogen) atoms. The smallest absolute Gasteiger partial charge is 0.123 e. The van der Waals surface area contributed by atoms with Gasteiger partial charge in [-0.3, -0.25) is 0 Å². The van der Waals surface area contributed by atoms with Gasteiger partial charge in [-0.15, -0.1) is 0 Å². The van der Waals surface area contributed by atoms with E-state index in [0.717, 1.165) is 29.8 Å². The van der Waals surface area contributed by atoms with Crippen molar-refractivity contribution in [1.29, 1.82) is 0 Å². The number of rotatable bonds is 5. The van der Waals surface area contributed by atoms with Gasteiger partial charge in [0.15, 0.2) is 0 Å². The van der Waals surface area contributed by atoms with Crippen molar-refractivity contribution in [2.24, 2.45) is 5.73 Å². The molecule has 2 N–H and O–H groups in total. The molecule has 1 atom stereocenters. The third-order valence-corrected chi connectivity index (χ3v) is 4.01. The number of nitrogens with zero attached hydrogens (tertiary/aromatic N) is 1. The minimum absolute atomic E-state index is 0.0743. The van der Waals surface area contributed by atoms with Crippen LogP contribution in [-0.2, 0) is 6.42 Å². The average molecular weight is 307 g/mol. The van der Waals surface area contributed by atoms with E-state index >= 15 is 0 Å². The second kappa shape index (κ2) is 6.92. The normalized spacial score (nSPS) is 12.2. The van der Waals surface area contributed by atoms with E-state index in [1.807, 2.05) is 30.1 Å². The Kier molecular flexibility index (Phi) is 5.21. The van der Waals surface area contributed by atoms with Crippen molar-refractivity contribution in [3.8, 4) is 0 Å². The van der Waals surface area contributed by atoms with Crippen molar-refractivity contribution in [2.75, 3.05) is 11.9 Å². The van der Waals surface area contributed by atoms with Crippen molar-refractivity contribution in [2.45, 2.75) is 25.8 Å². The molecular weight excluding hydrogens is 287 g/mol. The molecule has 4 heteroatoms. The zero-order valence-corrected chi connectivity index (χ0v) is 13.1. The minimum atomic E-state index is -0.244. The number of hydrogen-bond acceptors (Lipinski definition) is 2. The second-order valence-corrected chi connectivity index (χ2v) is 5.55. The molecule has 0 radical (unpaired) electrons. The van der Waals surface area contributed by atoms with Crippen LogP contribution >= 0.6 is 11.6 Å². The molecule has 112 valence electrons. The maximum absolute atomic E-state index is 13.1. The Morgan fingerprint density at radius 2 is 1.86 bits per heavy atom. The molecule has 2 aromatic carbocycles. The maximum Gasteiger partial charge on any atom is 0.123 e. The van der Waals surface area contributed by atoms with Crippen LogP contribution in [0.25, 0.3) is 0 Å². The summed E-state index contributed by atoms with van der Waals surface area (Å²) in [4.78, 5) is 2.00. The van der Waals surface area contributed by atoms with Gasteiger partial charge < -0.3 is 10.6 Å². The zero-order chi connectivity index (χ0) is 15.4. The summed E-state index contributed by atoms with van der Waals surface area (Å²) in [6, 6.07) is 12.3. The first-order chi connectivity index (χ1) is 10.0. The zero-order valence-electron chi connectivity index (χ0n) is 12.3. The molecule has 0 saturated heterocycles. The van der Waals surface area contributed by atoms with E-state index in [-0.39, 0.29) is 11.9 Å². The monoisotopic (exact) mass is 306 g/mol. The Morgan fingerprint density at radius 3 is 2.48 bits per heavy atom. The van der Waals surface area contributed by atoms with Crippen LogP contribution in [0.5, 0.6) is 0 Å². The molecular formula is C17H20ClFN2. The van der Waals surface area contributed by atoms with Crippen LogP contribution in [0.15, 0.2) is 42.5 Å².